The first-order valence-electron chi connectivity index (χ1n) is 0.548. The lowest BCUT2D eigenvalue weighted by Crippen LogP contribution is -1.56. The fraction of sp³-hybridized carbons (Fsp3) is 1.00. The molecule has 0 heterocycles. The zero-order valence-electron chi connectivity index (χ0n) is 3.21. The summed E-state index contributed by atoms with van der Waals surface area (Å²) in [6.45, 7) is 0. The summed E-state index contributed by atoms with van der Waals surface area (Å²) in [6, 6.07) is 0. The minimum Gasteiger partial charge on any atom is -0.412 e. The van der Waals surface area contributed by atoms with Gasteiger partial charge in [-0.15, -0.1) is 4.91 Å². The smallest absolute Gasteiger partial charge is 0.412 e. The van der Waals surface area contributed by atoms with Crippen LogP contribution in [-0.4, -0.2) is 10.7 Å². The maximum atomic E-state index is 8.45. The molecule has 0 fully saturated rings. The van der Waals surface area contributed by atoms with E-state index in [-0.39, 0.29) is 14.3 Å². The van der Waals surface area contributed by atoms with E-state index in [2.05, 4.69) is 4.99 Å². The van der Waals surface area contributed by atoms with Crippen molar-refractivity contribution >= 4 is 0 Å². The van der Waals surface area contributed by atoms with Gasteiger partial charge in [0, 0.05) is 0 Å². The third kappa shape index (κ3) is 175. The molecule has 0 saturated heterocycles. The second kappa shape index (κ2) is 27.3. The van der Waals surface area contributed by atoms with E-state index < -0.39 is 0 Å². The quantitative estimate of drug-likeness (QED) is 0.286. The molecule has 0 radical (unpaired) electrons. The van der Waals surface area contributed by atoms with Crippen molar-refractivity contribution in [3.05, 3.63) is 4.91 Å². The molecule has 0 rings (SSSR count). The van der Waals surface area contributed by atoms with Gasteiger partial charge in [-0.05, 0) is 0 Å². The van der Waals surface area contributed by atoms with E-state index in [4.69, 9.17) is 10.2 Å². The lowest BCUT2D eigenvalue weighted by molar-refractivity contribution is -0.245. The summed E-state index contributed by atoms with van der Waals surface area (Å²) in [5.41, 5.74) is 0. The molecule has 0 amide bonds. The minimum atomic E-state index is 0. The van der Waals surface area contributed by atoms with Crippen molar-refractivity contribution in [2.75, 3.05) is 0 Å². The Morgan fingerprint density at radius 1 is 1.83 bits per heavy atom. The first-order chi connectivity index (χ1) is 1.91. The average molecular weight is 98.1 g/mol. The predicted molar refractivity (Wildman–Crippen MR) is 21.0 cm³/mol. The standard InChI is InChI=1S/CH4.HNO3.H2O/c;2-1-4-3;/h1H4;3H;1H2/p+1. The lowest BCUT2D eigenvalue weighted by Gasteiger charge is -1.59. The monoisotopic (exact) mass is 98.0 g/mol. The maximum Gasteiger partial charge on any atom is 1.00 e. The third-order valence-corrected chi connectivity index (χ3v) is 0.0333. The van der Waals surface area contributed by atoms with Crippen LogP contribution in [0.2, 0.25) is 0 Å². The summed E-state index contributed by atoms with van der Waals surface area (Å²) in [6.07, 6.45) is 0. The van der Waals surface area contributed by atoms with Crippen LogP contribution < -0.4 is 0 Å². The van der Waals surface area contributed by atoms with Gasteiger partial charge >= 0.3 is 1.43 Å². The van der Waals surface area contributed by atoms with Crippen LogP contribution in [0.5, 0.6) is 0 Å². The SMILES string of the molecule is C.O.O=NOO.[H+]. The average Bonchev–Trinajstić information content (AvgIpc) is 1.37. The molecule has 0 aromatic carbocycles. The molecule has 0 aromatic heterocycles. The van der Waals surface area contributed by atoms with Gasteiger partial charge in [0.1, 0.15) is 0 Å². The van der Waals surface area contributed by atoms with Crippen LogP contribution in [0.15, 0.2) is 5.34 Å². The van der Waals surface area contributed by atoms with Crippen molar-refractivity contribution < 1.29 is 17.1 Å². The van der Waals surface area contributed by atoms with E-state index in [0.29, 0.717) is 0 Å². The van der Waals surface area contributed by atoms with Crippen LogP contribution in [0, 0.1) is 4.91 Å². The molecule has 40 valence electrons. The lowest BCUT2D eigenvalue weighted by atomic mass is 12.0. The highest BCUT2D eigenvalue weighted by atomic mass is 17.2. The van der Waals surface area contributed by atoms with Crippen LogP contribution in [-0.2, 0) is 4.99 Å². The van der Waals surface area contributed by atoms with E-state index in [1.165, 1.54) is 0 Å². The van der Waals surface area contributed by atoms with Crippen molar-refractivity contribution in [3.8, 4) is 0 Å². The Hall–Kier alpha value is -0.680. The molecule has 0 aliphatic carbocycles. The molecule has 0 saturated carbocycles. The second-order valence-corrected chi connectivity index (χ2v) is 0.156. The van der Waals surface area contributed by atoms with E-state index in [0.717, 1.165) is 0 Å². The second-order valence-electron chi connectivity index (χ2n) is 0.156. The van der Waals surface area contributed by atoms with Gasteiger partial charge in [0.05, 0.1) is 0 Å². The zero-order chi connectivity index (χ0) is 3.41. The number of nitrogens with zero attached hydrogens (tertiary/aromatic N) is 1. The number of hydrogen-bond donors (Lipinski definition) is 1. The molecule has 0 bridgehead atoms. The van der Waals surface area contributed by atoms with Crippen molar-refractivity contribution in [1.82, 2.24) is 0 Å². The molecular formula is CH8NO4+. The molecule has 5 nitrogen and oxygen atoms in total. The largest absolute Gasteiger partial charge is 1.00 e. The molecule has 0 aliphatic rings. The molecule has 0 aliphatic heterocycles. The molecule has 0 spiro atoms. The van der Waals surface area contributed by atoms with E-state index in [1.54, 1.807) is 5.34 Å². The normalized spacial score (nSPS) is 3.50. The highest BCUT2D eigenvalue weighted by Gasteiger charge is 1.47. The van der Waals surface area contributed by atoms with Crippen molar-refractivity contribution in [2.45, 2.75) is 7.43 Å². The zero-order valence-corrected chi connectivity index (χ0v) is 2.21. The van der Waals surface area contributed by atoms with Crippen molar-refractivity contribution in [1.29, 1.82) is 0 Å². The Labute approximate surface area is 36.2 Å². The van der Waals surface area contributed by atoms with Gasteiger partial charge in [-0.3, -0.25) is 0 Å². The Morgan fingerprint density at radius 2 is 2.00 bits per heavy atom. The van der Waals surface area contributed by atoms with Gasteiger partial charge in [0.25, 0.3) is 0 Å². The van der Waals surface area contributed by atoms with Crippen LogP contribution in [0.3, 0.4) is 0 Å². The summed E-state index contributed by atoms with van der Waals surface area (Å²) in [5, 5.41) is 8.44. The van der Waals surface area contributed by atoms with Gasteiger partial charge in [-0.2, -0.15) is 10.2 Å². The van der Waals surface area contributed by atoms with Gasteiger partial charge in [0.2, 0.25) is 0 Å². The Morgan fingerprint density at radius 3 is 2.00 bits per heavy atom. The molecule has 0 atom stereocenters. The van der Waals surface area contributed by atoms with E-state index >= 15 is 0 Å². The first-order valence-corrected chi connectivity index (χ1v) is 0.548. The van der Waals surface area contributed by atoms with Gasteiger partial charge in [0.15, 0.2) is 5.34 Å². The molecule has 5 heteroatoms. The van der Waals surface area contributed by atoms with Crippen molar-refractivity contribution in [3.63, 3.8) is 0 Å². The fourth-order valence-electron chi connectivity index (χ4n) is 0. The van der Waals surface area contributed by atoms with E-state index in [1.807, 2.05) is 0 Å². The molecule has 0 aromatic rings. The third-order valence-electron chi connectivity index (χ3n) is 0.0333. The molecule has 3 N–H and O–H groups in total. The van der Waals surface area contributed by atoms with Gasteiger partial charge in [-0.25, -0.2) is 0 Å². The Bertz CT molecular complexity index is 25.7. The summed E-state index contributed by atoms with van der Waals surface area (Å²) >= 11 is 0. The minimum absolute atomic E-state index is 0. The van der Waals surface area contributed by atoms with Gasteiger partial charge in [-0.1, -0.05) is 7.43 Å². The molecule has 6 heavy (non-hydrogen) atoms. The summed E-state index contributed by atoms with van der Waals surface area (Å²) in [7, 11) is 0. The maximum absolute atomic E-state index is 8.45. The summed E-state index contributed by atoms with van der Waals surface area (Å²) in [4.78, 5) is 11.1. The highest BCUT2D eigenvalue weighted by molar-refractivity contribution is 3.86. The Balaban J connectivity index is -0.0000000150. The highest BCUT2D eigenvalue weighted by Crippen LogP contribution is 1.51. The van der Waals surface area contributed by atoms with Crippen LogP contribution >= 0.6 is 0 Å². The van der Waals surface area contributed by atoms with Crippen LogP contribution in [0.4, 0.5) is 0 Å². The number of rotatable bonds is 1. The van der Waals surface area contributed by atoms with Crippen molar-refractivity contribution in [2.24, 2.45) is 5.34 Å². The summed E-state index contributed by atoms with van der Waals surface area (Å²) < 4.78 is 0. The molecule has 0 unspecified atom stereocenters. The topological polar surface area (TPSA) is 90.4 Å². The predicted octanol–water partition coefficient (Wildman–Crippen LogP) is 0.0813. The van der Waals surface area contributed by atoms with E-state index in [9.17, 15) is 0 Å². The fourth-order valence-corrected chi connectivity index (χ4v) is 0. The Kier molecular flexibility index (Phi) is 84.0. The van der Waals surface area contributed by atoms with Crippen LogP contribution in [0.25, 0.3) is 0 Å². The van der Waals surface area contributed by atoms with Gasteiger partial charge < -0.3 is 5.48 Å². The van der Waals surface area contributed by atoms with Crippen LogP contribution in [0.1, 0.15) is 8.85 Å². The summed E-state index contributed by atoms with van der Waals surface area (Å²) in [5.74, 6) is 0. The first kappa shape index (κ1) is 18.4. The number of hydrogen-bond acceptors (Lipinski definition) is 4. The molecular weight excluding hydrogens is 90.0 g/mol.